The van der Waals surface area contributed by atoms with E-state index in [4.69, 9.17) is 0 Å². The number of rotatable bonds is 2. The second-order valence-electron chi connectivity index (χ2n) is 3.94. The number of aromatic amines is 1. The van der Waals surface area contributed by atoms with Gasteiger partial charge in [-0.3, -0.25) is 0 Å². The highest BCUT2D eigenvalue weighted by atomic mass is 16.6. The number of imidazole rings is 1. The number of hydrogen-bond acceptors (Lipinski definition) is 6. The van der Waals surface area contributed by atoms with Gasteiger partial charge in [0.05, 0.1) is 30.6 Å². The summed E-state index contributed by atoms with van der Waals surface area (Å²) in [6.07, 6.45) is -0.145. The number of urea groups is 1. The Morgan fingerprint density at radius 1 is 1.04 bits per heavy atom. The maximum absolute atomic E-state index is 10.8. The number of ether oxygens (including phenoxy) is 2. The standard InChI is InChI=1S/C7H12N2O5.C7H6N2/c1-3-13-6(11)8-5(10)9-7(12)14-4-2;1-2-4-7-6(3-1)8-5-9-7/h3-4H2,1-2H3,(H2,8,9,10,11,12);1-5H,(H,8,9). The van der Waals surface area contributed by atoms with Crippen LogP contribution in [0.1, 0.15) is 13.8 Å². The largest absolute Gasteiger partial charge is 0.450 e. The van der Waals surface area contributed by atoms with Gasteiger partial charge in [0.1, 0.15) is 0 Å². The van der Waals surface area contributed by atoms with Crippen LogP contribution in [0, 0.1) is 0 Å². The molecule has 1 aromatic carbocycles. The Balaban J connectivity index is 0.000000248. The van der Waals surface area contributed by atoms with Crippen molar-refractivity contribution in [1.29, 1.82) is 0 Å². The summed E-state index contributed by atoms with van der Waals surface area (Å²) in [7, 11) is 0. The molecule has 3 N–H and O–H groups in total. The van der Waals surface area contributed by atoms with E-state index in [-0.39, 0.29) is 13.2 Å². The summed E-state index contributed by atoms with van der Waals surface area (Å²) in [4.78, 5) is 39.2. The van der Waals surface area contributed by atoms with Crippen LogP contribution in [0.3, 0.4) is 0 Å². The van der Waals surface area contributed by atoms with Crippen LogP contribution in [0.5, 0.6) is 0 Å². The maximum atomic E-state index is 10.8. The Morgan fingerprint density at radius 3 is 2.13 bits per heavy atom. The molecule has 0 unspecified atom stereocenters. The monoisotopic (exact) mass is 322 g/mol. The first-order valence-corrected chi connectivity index (χ1v) is 6.86. The normalized spacial score (nSPS) is 9.30. The van der Waals surface area contributed by atoms with Gasteiger partial charge in [0.25, 0.3) is 0 Å². The van der Waals surface area contributed by atoms with Crippen molar-refractivity contribution in [2.45, 2.75) is 13.8 Å². The minimum absolute atomic E-state index is 0.137. The number of amides is 4. The average Bonchev–Trinajstić information content (AvgIpc) is 2.96. The second-order valence-corrected chi connectivity index (χ2v) is 3.94. The lowest BCUT2D eigenvalue weighted by molar-refractivity contribution is 0.146. The van der Waals surface area contributed by atoms with Crippen LogP contribution >= 0.6 is 0 Å². The number of nitrogens with zero attached hydrogens (tertiary/aromatic N) is 1. The average molecular weight is 322 g/mol. The topological polar surface area (TPSA) is 122 Å². The van der Waals surface area contributed by atoms with Crippen LogP contribution in [-0.2, 0) is 9.47 Å². The number of carbonyl (C=O) groups excluding carboxylic acids is 3. The maximum Gasteiger partial charge on any atom is 0.415 e. The number of carbonyl (C=O) groups is 3. The molecule has 23 heavy (non-hydrogen) atoms. The molecule has 1 aromatic heterocycles. The highest BCUT2D eigenvalue weighted by Gasteiger charge is 2.11. The molecule has 4 amide bonds. The van der Waals surface area contributed by atoms with E-state index in [1.54, 1.807) is 30.8 Å². The number of hydrogen-bond donors (Lipinski definition) is 3. The Hall–Kier alpha value is -3.10. The van der Waals surface area contributed by atoms with Crippen LogP contribution < -0.4 is 10.6 Å². The van der Waals surface area contributed by atoms with Gasteiger partial charge < -0.3 is 14.5 Å². The molecule has 0 bridgehead atoms. The lowest BCUT2D eigenvalue weighted by Crippen LogP contribution is -2.42. The summed E-state index contributed by atoms with van der Waals surface area (Å²) >= 11 is 0. The second kappa shape index (κ2) is 9.77. The van der Waals surface area contributed by atoms with Gasteiger partial charge in [-0.25, -0.2) is 30.0 Å². The fourth-order valence-corrected chi connectivity index (χ4v) is 1.43. The first kappa shape index (κ1) is 18.0. The molecule has 0 saturated carbocycles. The zero-order valence-corrected chi connectivity index (χ0v) is 12.8. The summed E-state index contributed by atoms with van der Waals surface area (Å²) in [5, 5.41) is 3.52. The van der Waals surface area contributed by atoms with Crippen molar-refractivity contribution in [3.8, 4) is 0 Å². The van der Waals surface area contributed by atoms with Crippen LogP contribution in [0.4, 0.5) is 14.4 Å². The Morgan fingerprint density at radius 2 is 1.61 bits per heavy atom. The quantitative estimate of drug-likeness (QED) is 0.778. The van der Waals surface area contributed by atoms with Crippen LogP contribution in [0.25, 0.3) is 11.0 Å². The molecule has 0 aliphatic heterocycles. The van der Waals surface area contributed by atoms with E-state index in [2.05, 4.69) is 19.4 Å². The molecule has 2 rings (SSSR count). The highest BCUT2D eigenvalue weighted by molar-refractivity contribution is 5.98. The van der Waals surface area contributed by atoms with Gasteiger partial charge in [-0.05, 0) is 26.0 Å². The van der Waals surface area contributed by atoms with Gasteiger partial charge in [0.2, 0.25) is 0 Å². The van der Waals surface area contributed by atoms with Crippen molar-refractivity contribution in [2.24, 2.45) is 0 Å². The molecule has 0 fully saturated rings. The summed E-state index contributed by atoms with van der Waals surface area (Å²) in [6.45, 7) is 3.45. The molecular weight excluding hydrogens is 304 g/mol. The number of H-pyrrole nitrogens is 1. The first-order valence-electron chi connectivity index (χ1n) is 6.86. The number of imide groups is 2. The zero-order valence-electron chi connectivity index (χ0n) is 12.8. The van der Waals surface area contributed by atoms with E-state index in [0.29, 0.717) is 0 Å². The van der Waals surface area contributed by atoms with Gasteiger partial charge in [-0.2, -0.15) is 0 Å². The molecule has 0 saturated heterocycles. The number of fused-ring (bicyclic) bond motifs is 1. The number of nitrogens with one attached hydrogen (secondary N) is 3. The van der Waals surface area contributed by atoms with E-state index in [1.165, 1.54) is 0 Å². The highest BCUT2D eigenvalue weighted by Crippen LogP contribution is 2.05. The van der Waals surface area contributed by atoms with E-state index in [0.717, 1.165) is 11.0 Å². The van der Waals surface area contributed by atoms with Crippen molar-refractivity contribution in [2.75, 3.05) is 13.2 Å². The summed E-state index contributed by atoms with van der Waals surface area (Å²) in [5.41, 5.74) is 2.12. The van der Waals surface area contributed by atoms with E-state index < -0.39 is 18.2 Å². The third-order valence-corrected chi connectivity index (χ3v) is 2.31. The lowest BCUT2D eigenvalue weighted by atomic mass is 10.3. The molecule has 2 aromatic rings. The van der Waals surface area contributed by atoms with Gasteiger partial charge >= 0.3 is 18.2 Å². The van der Waals surface area contributed by atoms with Crippen LogP contribution in [-0.4, -0.2) is 41.4 Å². The van der Waals surface area contributed by atoms with Crippen LogP contribution in [0.15, 0.2) is 30.6 Å². The van der Waals surface area contributed by atoms with Gasteiger partial charge in [-0.15, -0.1) is 0 Å². The molecule has 9 heteroatoms. The molecular formula is C14H18N4O5. The number of para-hydroxylation sites is 2. The van der Waals surface area contributed by atoms with Gasteiger partial charge in [0, 0.05) is 0 Å². The summed E-state index contributed by atoms with van der Waals surface area (Å²) < 4.78 is 8.78. The fraction of sp³-hybridized carbons (Fsp3) is 0.286. The minimum atomic E-state index is -0.984. The molecule has 0 radical (unpaired) electrons. The summed E-state index contributed by atoms with van der Waals surface area (Å²) in [6, 6.07) is 6.96. The Labute approximate surface area is 132 Å². The number of aromatic nitrogens is 2. The minimum Gasteiger partial charge on any atom is -0.450 e. The SMILES string of the molecule is CCOC(=O)NC(=O)NC(=O)OCC.c1ccc2[nH]cnc2c1. The predicted octanol–water partition coefficient (Wildman–Crippen LogP) is 2.16. The lowest BCUT2D eigenvalue weighted by Gasteiger charge is -2.04. The molecule has 0 atom stereocenters. The smallest absolute Gasteiger partial charge is 0.415 e. The molecule has 9 nitrogen and oxygen atoms in total. The van der Waals surface area contributed by atoms with Gasteiger partial charge in [-0.1, -0.05) is 12.1 Å². The molecule has 0 aliphatic carbocycles. The van der Waals surface area contributed by atoms with Crippen molar-refractivity contribution >= 4 is 29.3 Å². The van der Waals surface area contributed by atoms with E-state index in [9.17, 15) is 14.4 Å². The van der Waals surface area contributed by atoms with Crippen molar-refractivity contribution in [3.05, 3.63) is 30.6 Å². The van der Waals surface area contributed by atoms with Crippen LogP contribution in [0.2, 0.25) is 0 Å². The third kappa shape index (κ3) is 6.93. The van der Waals surface area contributed by atoms with Crippen molar-refractivity contribution in [3.63, 3.8) is 0 Å². The zero-order chi connectivity index (χ0) is 17.1. The molecule has 124 valence electrons. The fourth-order valence-electron chi connectivity index (χ4n) is 1.43. The number of alkyl carbamates (subject to hydrolysis) is 2. The van der Waals surface area contributed by atoms with Gasteiger partial charge in [0.15, 0.2) is 0 Å². The first-order chi connectivity index (χ1) is 11.1. The molecule has 1 heterocycles. The third-order valence-electron chi connectivity index (χ3n) is 2.31. The van der Waals surface area contributed by atoms with E-state index >= 15 is 0 Å². The van der Waals surface area contributed by atoms with E-state index in [1.807, 2.05) is 24.3 Å². The Bertz CT molecular complexity index is 603. The predicted molar refractivity (Wildman–Crippen MR) is 81.8 cm³/mol. The molecule has 0 aliphatic rings. The van der Waals surface area contributed by atoms with Crippen molar-refractivity contribution < 1.29 is 23.9 Å². The summed E-state index contributed by atoms with van der Waals surface area (Å²) in [5.74, 6) is 0. The van der Waals surface area contributed by atoms with Crippen molar-refractivity contribution in [1.82, 2.24) is 20.6 Å². The Kier molecular flexibility index (Phi) is 7.62. The molecule has 0 spiro atoms. The number of benzene rings is 1.